The first-order chi connectivity index (χ1) is 8.06. The molecule has 0 unspecified atom stereocenters. The Morgan fingerprint density at radius 1 is 1.41 bits per heavy atom. The molecule has 0 amide bonds. The maximum Gasteiger partial charge on any atom is 0.246 e. The molecule has 88 valence electrons. The van der Waals surface area contributed by atoms with E-state index in [4.69, 9.17) is 4.42 Å². The predicted molar refractivity (Wildman–Crippen MR) is 60.3 cm³/mol. The Morgan fingerprint density at radius 3 is 2.59 bits per heavy atom. The van der Waals surface area contributed by atoms with E-state index in [0.717, 1.165) is 6.29 Å². The number of aromatic nitrogens is 2. The molecule has 0 aliphatic rings. The predicted octanol–water partition coefficient (Wildman–Crippen LogP) is 1.97. The topological polar surface area (TPSA) is 76.0 Å². The van der Waals surface area contributed by atoms with Crippen molar-refractivity contribution in [1.82, 2.24) is 9.97 Å². The molecule has 17 heavy (non-hydrogen) atoms. The van der Waals surface area contributed by atoms with E-state index in [1.807, 2.05) is 0 Å². The van der Waals surface area contributed by atoms with Crippen molar-refractivity contribution >= 4 is 12.1 Å². The minimum absolute atomic E-state index is 0.201. The zero-order chi connectivity index (χ0) is 12.6. The number of ketones is 1. The van der Waals surface area contributed by atoms with Crippen LogP contribution < -0.4 is 0 Å². The average molecular weight is 232 g/mol. The number of hydrogen-bond acceptors (Lipinski definition) is 4. The van der Waals surface area contributed by atoms with Crippen LogP contribution in [0.25, 0.3) is 0 Å². The number of hydrogen-bond donors (Lipinski definition) is 1. The molecule has 2 heterocycles. The molecule has 0 fully saturated rings. The number of nitrogens with zero attached hydrogens (tertiary/aromatic N) is 1. The maximum absolute atomic E-state index is 12.1. The highest BCUT2D eigenvalue weighted by Crippen LogP contribution is 2.20. The van der Waals surface area contributed by atoms with Crippen molar-refractivity contribution in [2.75, 3.05) is 0 Å². The van der Waals surface area contributed by atoms with Crippen LogP contribution in [0.4, 0.5) is 0 Å². The molecule has 0 radical (unpaired) electrons. The zero-order valence-corrected chi connectivity index (χ0v) is 9.83. The summed E-state index contributed by atoms with van der Waals surface area (Å²) in [6, 6.07) is 0. The number of rotatable bonds is 3. The highest BCUT2D eigenvalue weighted by atomic mass is 16.3. The van der Waals surface area contributed by atoms with Crippen molar-refractivity contribution in [3.63, 3.8) is 0 Å². The van der Waals surface area contributed by atoms with E-state index in [2.05, 4.69) is 9.97 Å². The number of aryl methyl sites for hydroxylation is 2. The number of carbonyl (C=O) groups is 2. The van der Waals surface area contributed by atoms with Crippen LogP contribution in [0.3, 0.4) is 0 Å². The van der Waals surface area contributed by atoms with Gasteiger partial charge in [-0.2, -0.15) is 0 Å². The van der Waals surface area contributed by atoms with Crippen LogP contribution in [0.2, 0.25) is 0 Å². The van der Waals surface area contributed by atoms with Gasteiger partial charge in [0, 0.05) is 11.3 Å². The highest BCUT2D eigenvalue weighted by Gasteiger charge is 2.22. The first kappa shape index (κ1) is 11.3. The van der Waals surface area contributed by atoms with Gasteiger partial charge in [0.05, 0.1) is 11.4 Å². The Hall–Kier alpha value is -2.17. The van der Waals surface area contributed by atoms with Gasteiger partial charge in [-0.25, -0.2) is 4.98 Å². The van der Waals surface area contributed by atoms with Gasteiger partial charge in [0.25, 0.3) is 0 Å². The minimum atomic E-state index is -0.284. The van der Waals surface area contributed by atoms with E-state index in [1.54, 1.807) is 20.8 Å². The zero-order valence-electron chi connectivity index (χ0n) is 9.83. The lowest BCUT2D eigenvalue weighted by Gasteiger charge is -1.97. The highest BCUT2D eigenvalue weighted by molar-refractivity contribution is 6.08. The van der Waals surface area contributed by atoms with Crippen molar-refractivity contribution in [2.24, 2.45) is 0 Å². The Bertz CT molecular complexity index is 593. The van der Waals surface area contributed by atoms with Gasteiger partial charge in [0.1, 0.15) is 0 Å². The smallest absolute Gasteiger partial charge is 0.246 e. The number of aldehydes is 1. The van der Waals surface area contributed by atoms with Gasteiger partial charge in [-0.1, -0.05) is 0 Å². The molecule has 0 aromatic carbocycles. The van der Waals surface area contributed by atoms with E-state index in [-0.39, 0.29) is 11.5 Å². The quantitative estimate of drug-likeness (QED) is 0.648. The van der Waals surface area contributed by atoms with Gasteiger partial charge >= 0.3 is 0 Å². The van der Waals surface area contributed by atoms with Crippen molar-refractivity contribution < 1.29 is 14.0 Å². The fourth-order valence-electron chi connectivity index (χ4n) is 1.80. The number of carbonyl (C=O) groups excluding carboxylic acids is 2. The molecule has 0 saturated carbocycles. The van der Waals surface area contributed by atoms with Gasteiger partial charge in [-0.05, 0) is 26.3 Å². The molecule has 0 atom stereocenters. The largest absolute Gasteiger partial charge is 0.440 e. The van der Waals surface area contributed by atoms with Crippen molar-refractivity contribution in [3.05, 3.63) is 40.4 Å². The summed E-state index contributed by atoms with van der Waals surface area (Å²) in [6.07, 6.45) is 1.97. The van der Waals surface area contributed by atoms with E-state index >= 15 is 0 Å². The van der Waals surface area contributed by atoms with E-state index in [1.165, 1.54) is 6.39 Å². The van der Waals surface area contributed by atoms with Crippen LogP contribution in [0.5, 0.6) is 0 Å². The fourth-order valence-corrected chi connectivity index (χ4v) is 1.80. The van der Waals surface area contributed by atoms with Crippen molar-refractivity contribution in [3.8, 4) is 0 Å². The molecule has 0 aliphatic heterocycles. The molecule has 2 aromatic rings. The summed E-state index contributed by atoms with van der Waals surface area (Å²) >= 11 is 0. The summed E-state index contributed by atoms with van der Waals surface area (Å²) in [5.74, 6) is -0.0829. The average Bonchev–Trinajstić information content (AvgIpc) is 2.82. The number of H-pyrrole nitrogens is 1. The van der Waals surface area contributed by atoms with Crippen LogP contribution >= 0.6 is 0 Å². The lowest BCUT2D eigenvalue weighted by Crippen LogP contribution is -2.04. The molecule has 5 heteroatoms. The van der Waals surface area contributed by atoms with Gasteiger partial charge in [-0.3, -0.25) is 9.59 Å². The molecule has 2 rings (SSSR count). The van der Waals surface area contributed by atoms with Gasteiger partial charge in [0.2, 0.25) is 5.78 Å². The second-order valence-corrected chi connectivity index (χ2v) is 3.88. The third-order valence-electron chi connectivity index (χ3n) is 2.79. The molecule has 0 saturated heterocycles. The first-order valence-electron chi connectivity index (χ1n) is 5.15. The molecular formula is C12H12N2O3. The molecule has 2 aromatic heterocycles. The Kier molecular flexibility index (Phi) is 2.67. The van der Waals surface area contributed by atoms with Crippen LogP contribution in [0, 0.1) is 20.8 Å². The van der Waals surface area contributed by atoms with Gasteiger partial charge in [0.15, 0.2) is 18.4 Å². The van der Waals surface area contributed by atoms with Crippen molar-refractivity contribution in [1.29, 1.82) is 0 Å². The molecule has 0 bridgehead atoms. The number of oxazole rings is 1. The number of aromatic amines is 1. The number of nitrogens with one attached hydrogen (secondary N) is 1. The van der Waals surface area contributed by atoms with Crippen molar-refractivity contribution in [2.45, 2.75) is 20.8 Å². The van der Waals surface area contributed by atoms with Crippen LogP contribution in [0.15, 0.2) is 10.8 Å². The lowest BCUT2D eigenvalue weighted by atomic mass is 10.1. The Labute approximate surface area is 97.9 Å². The van der Waals surface area contributed by atoms with Crippen LogP contribution in [0.1, 0.15) is 43.6 Å². The van der Waals surface area contributed by atoms with E-state index in [9.17, 15) is 9.59 Å². The van der Waals surface area contributed by atoms with E-state index < -0.39 is 0 Å². The van der Waals surface area contributed by atoms with Crippen LogP contribution in [-0.2, 0) is 0 Å². The summed E-state index contributed by atoms with van der Waals surface area (Å²) in [7, 11) is 0. The summed E-state index contributed by atoms with van der Waals surface area (Å²) in [4.78, 5) is 29.8. The molecule has 5 nitrogen and oxygen atoms in total. The Balaban J connectivity index is 2.52. The normalized spacial score (nSPS) is 10.5. The van der Waals surface area contributed by atoms with E-state index in [0.29, 0.717) is 28.2 Å². The summed E-state index contributed by atoms with van der Waals surface area (Å²) in [6.45, 7) is 5.18. The third-order valence-corrected chi connectivity index (χ3v) is 2.79. The minimum Gasteiger partial charge on any atom is -0.440 e. The summed E-state index contributed by atoms with van der Waals surface area (Å²) in [5.41, 5.74) is 2.75. The Morgan fingerprint density at radius 2 is 2.12 bits per heavy atom. The standard InChI is InChI=1S/C12H12N2O3/c1-6-9(4-15)7(2)14-10(6)11(16)12-8(3)13-5-17-12/h4-5,14H,1-3H3. The second-order valence-electron chi connectivity index (χ2n) is 3.88. The molecule has 0 spiro atoms. The molecule has 0 aliphatic carbocycles. The first-order valence-corrected chi connectivity index (χ1v) is 5.15. The van der Waals surface area contributed by atoms with Crippen LogP contribution in [-0.4, -0.2) is 22.0 Å². The maximum atomic E-state index is 12.1. The lowest BCUT2D eigenvalue weighted by molar-refractivity contribution is 0.100. The van der Waals surface area contributed by atoms with Gasteiger partial charge in [-0.15, -0.1) is 0 Å². The molecule has 1 N–H and O–H groups in total. The summed E-state index contributed by atoms with van der Waals surface area (Å²) < 4.78 is 5.05. The second kappa shape index (κ2) is 4.01. The SMILES string of the molecule is Cc1ncoc1C(=O)c1[nH]c(C)c(C=O)c1C. The summed E-state index contributed by atoms with van der Waals surface area (Å²) in [5, 5.41) is 0. The third kappa shape index (κ3) is 1.69. The monoisotopic (exact) mass is 232 g/mol. The van der Waals surface area contributed by atoms with Gasteiger partial charge < -0.3 is 9.40 Å². The molecular weight excluding hydrogens is 220 g/mol. The fraction of sp³-hybridized carbons (Fsp3) is 0.250.